The van der Waals surface area contributed by atoms with E-state index in [2.05, 4.69) is 41.6 Å². The van der Waals surface area contributed by atoms with Crippen molar-refractivity contribution in [2.24, 2.45) is 11.8 Å². The smallest absolute Gasteiger partial charge is 0.163 e. The summed E-state index contributed by atoms with van der Waals surface area (Å²) < 4.78 is 5.38. The number of carbonyl (C=O) groups excluding carboxylic acids is 2. The molecule has 4 atom stereocenters. The third-order valence-electron chi connectivity index (χ3n) is 9.82. The molecule has 0 radical (unpaired) electrons. The van der Waals surface area contributed by atoms with Crippen LogP contribution in [0.2, 0.25) is 0 Å². The average molecular weight is 647 g/mol. The number of rotatable bonds is 3. The second-order valence-electron chi connectivity index (χ2n) is 12.5. The summed E-state index contributed by atoms with van der Waals surface area (Å²) in [6.07, 6.45) is 17.6. The van der Waals surface area contributed by atoms with Gasteiger partial charge >= 0.3 is 0 Å². The summed E-state index contributed by atoms with van der Waals surface area (Å²) in [5, 5.41) is 14.2. The van der Waals surface area contributed by atoms with Crippen LogP contribution in [-0.2, 0) is 16.0 Å². The first-order valence-corrected chi connectivity index (χ1v) is 18.2. The largest absolute Gasteiger partial charge is 0.504 e. The molecule has 2 aromatic rings. The number of methoxy groups -OCH3 is 1. The maximum Gasteiger partial charge on any atom is 0.163 e. The van der Waals surface area contributed by atoms with Gasteiger partial charge in [0, 0.05) is 36.1 Å². The fraction of sp³-hybridized carbons (Fsp3) is 0.457. The fourth-order valence-electron chi connectivity index (χ4n) is 7.32. The molecule has 238 valence electrons. The minimum Gasteiger partial charge on any atom is -0.504 e. The van der Waals surface area contributed by atoms with Gasteiger partial charge in [-0.3, -0.25) is 9.59 Å². The lowest BCUT2D eigenvalue weighted by molar-refractivity contribution is -0.124. The monoisotopic (exact) mass is 646 g/mol. The molecule has 6 rings (SSSR count). The van der Waals surface area contributed by atoms with E-state index < -0.39 is 0 Å². The SMILES string of the molecule is CC[C@H]1CCC(=O)CC(=O)/C=C/c2cc(OC)c(O)cc2Cc2cnc(N)c(c2)[C@@H]([C@@]23CCC[C@@H]2C=CC2=CNCN23)SSC1. The number of allylic oxidation sites excluding steroid dienone is 2. The molecule has 4 heterocycles. The molecule has 2 bridgehead atoms. The highest BCUT2D eigenvalue weighted by Crippen LogP contribution is 2.60. The molecule has 0 unspecified atom stereocenters. The van der Waals surface area contributed by atoms with Gasteiger partial charge in [0.15, 0.2) is 17.3 Å². The number of hydrogen-bond donors (Lipinski definition) is 3. The summed E-state index contributed by atoms with van der Waals surface area (Å²) in [5.74, 6) is 2.30. The number of aromatic nitrogens is 1. The Morgan fingerprint density at radius 3 is 2.87 bits per heavy atom. The standard InChI is InChI=1S/C35H42N4O4S2/c1-3-22-6-10-28(40)17-29(41)11-7-24-16-32(43-2)31(42)15-25(24)13-23-14-30(34(36)38-18-23)33(45-44-20-22)35-12-4-5-26(35)8-9-27-19-37-21-39(27)35/h7-9,11,14-16,18-19,22,26,33,37,42H,3-6,10,12-13,17,20-21H2,1-2H3,(H2,36,38)/b11-7+/t22-,26+,33-,35+/m0/s1. The van der Waals surface area contributed by atoms with Gasteiger partial charge in [-0.25, -0.2) is 4.98 Å². The molecule has 1 saturated carbocycles. The van der Waals surface area contributed by atoms with Crippen LogP contribution in [-0.4, -0.2) is 51.6 Å². The van der Waals surface area contributed by atoms with E-state index >= 15 is 0 Å². The second-order valence-corrected chi connectivity index (χ2v) is 15.0. The third kappa shape index (κ3) is 6.36. The summed E-state index contributed by atoms with van der Waals surface area (Å²) in [6, 6.07) is 5.61. The van der Waals surface area contributed by atoms with Crippen LogP contribution in [0.5, 0.6) is 11.5 Å². The molecule has 1 aromatic carbocycles. The van der Waals surface area contributed by atoms with Crippen LogP contribution in [0.3, 0.4) is 0 Å². The highest BCUT2D eigenvalue weighted by molar-refractivity contribution is 8.76. The molecule has 1 aliphatic carbocycles. The molecule has 0 amide bonds. The molecule has 4 aliphatic rings. The average Bonchev–Trinajstić information content (AvgIpc) is 3.69. The topological polar surface area (TPSA) is 118 Å². The van der Waals surface area contributed by atoms with Gasteiger partial charge in [-0.15, -0.1) is 0 Å². The summed E-state index contributed by atoms with van der Waals surface area (Å²) >= 11 is 0. The van der Waals surface area contributed by atoms with Gasteiger partial charge < -0.3 is 25.8 Å². The number of ketones is 2. The number of ether oxygens (including phenoxy) is 1. The number of pyridine rings is 1. The lowest BCUT2D eigenvalue weighted by atomic mass is 9.76. The number of benzene rings is 1. The number of hydrogen-bond acceptors (Lipinski definition) is 10. The molecule has 3 aliphatic heterocycles. The van der Waals surface area contributed by atoms with Crippen LogP contribution >= 0.6 is 21.6 Å². The van der Waals surface area contributed by atoms with Gasteiger partial charge in [0.1, 0.15) is 11.6 Å². The number of phenols is 1. The number of nitrogens with one attached hydrogen (secondary N) is 1. The Labute approximate surface area is 273 Å². The number of nitrogens with zero attached hydrogens (tertiary/aromatic N) is 2. The first kappa shape index (κ1) is 31.6. The molecular formula is C35H42N4O4S2. The van der Waals surface area contributed by atoms with Crippen LogP contribution in [0.4, 0.5) is 5.82 Å². The predicted molar refractivity (Wildman–Crippen MR) is 183 cm³/mol. The van der Waals surface area contributed by atoms with Gasteiger partial charge in [0.05, 0.1) is 36.7 Å². The third-order valence-corrected chi connectivity index (χ3v) is 12.8. The van der Waals surface area contributed by atoms with Crippen molar-refractivity contribution in [3.63, 3.8) is 0 Å². The number of anilines is 1. The molecule has 10 heteroatoms. The van der Waals surface area contributed by atoms with Gasteiger partial charge in [-0.1, -0.05) is 53.5 Å². The van der Waals surface area contributed by atoms with Crippen LogP contribution in [0.25, 0.3) is 6.08 Å². The Bertz CT molecular complexity index is 1560. The Morgan fingerprint density at radius 2 is 2.04 bits per heavy atom. The number of carbonyl (C=O) groups is 2. The van der Waals surface area contributed by atoms with E-state index in [-0.39, 0.29) is 34.5 Å². The van der Waals surface area contributed by atoms with Crippen molar-refractivity contribution >= 4 is 45.0 Å². The molecule has 1 fully saturated rings. The van der Waals surface area contributed by atoms with E-state index in [4.69, 9.17) is 15.5 Å². The first-order chi connectivity index (χ1) is 21.8. The molecule has 0 saturated heterocycles. The van der Waals surface area contributed by atoms with Gasteiger partial charge in [0.2, 0.25) is 0 Å². The van der Waals surface area contributed by atoms with Crippen molar-refractivity contribution in [1.29, 1.82) is 0 Å². The lowest BCUT2D eigenvalue weighted by Gasteiger charge is -2.51. The zero-order valence-corrected chi connectivity index (χ0v) is 27.6. The molecule has 8 nitrogen and oxygen atoms in total. The maximum absolute atomic E-state index is 12.8. The second kappa shape index (κ2) is 13.5. The number of Topliss-reactive ketones (excluding diaryl/α,β-unsaturated/α-hetero) is 1. The van der Waals surface area contributed by atoms with Crippen molar-refractivity contribution < 1.29 is 19.4 Å². The van der Waals surface area contributed by atoms with E-state index in [1.54, 1.807) is 18.2 Å². The first-order valence-electron chi connectivity index (χ1n) is 15.9. The quantitative estimate of drug-likeness (QED) is 0.250. The predicted octanol–water partition coefficient (Wildman–Crippen LogP) is 6.57. The van der Waals surface area contributed by atoms with E-state index in [0.717, 1.165) is 66.8 Å². The zero-order valence-electron chi connectivity index (χ0n) is 26.0. The normalized spacial score (nSPS) is 27.8. The molecule has 1 aromatic heterocycles. The summed E-state index contributed by atoms with van der Waals surface area (Å²) in [5.41, 5.74) is 11.4. The maximum atomic E-state index is 12.8. The van der Waals surface area contributed by atoms with Crippen molar-refractivity contribution in [1.82, 2.24) is 15.2 Å². The highest BCUT2D eigenvalue weighted by atomic mass is 33.1. The van der Waals surface area contributed by atoms with Crippen molar-refractivity contribution in [3.05, 3.63) is 76.8 Å². The van der Waals surface area contributed by atoms with Gasteiger partial charge in [-0.05, 0) is 78.6 Å². The van der Waals surface area contributed by atoms with Crippen LogP contribution in [0.1, 0.15) is 79.4 Å². The van der Waals surface area contributed by atoms with Crippen LogP contribution < -0.4 is 15.8 Å². The highest BCUT2D eigenvalue weighted by Gasteiger charge is 2.55. The Balaban J connectivity index is 1.45. The van der Waals surface area contributed by atoms with E-state index in [0.29, 0.717) is 36.2 Å². The Kier molecular flexibility index (Phi) is 9.52. The summed E-state index contributed by atoms with van der Waals surface area (Å²) in [7, 11) is 5.26. The number of nitrogens with two attached hydrogens (primary N) is 1. The lowest BCUT2D eigenvalue weighted by Crippen LogP contribution is -2.55. The van der Waals surface area contributed by atoms with Crippen LogP contribution in [0.15, 0.2) is 54.5 Å². The Hall–Kier alpha value is -3.37. The van der Waals surface area contributed by atoms with E-state index in [9.17, 15) is 14.7 Å². The molecule has 4 N–H and O–H groups in total. The molecule has 0 spiro atoms. The van der Waals surface area contributed by atoms with E-state index in [1.807, 2.05) is 27.8 Å². The minimum atomic E-state index is -0.229. The van der Waals surface area contributed by atoms with Crippen molar-refractivity contribution in [3.8, 4) is 11.5 Å². The number of aromatic hydroxyl groups is 1. The zero-order chi connectivity index (χ0) is 31.6. The van der Waals surface area contributed by atoms with Gasteiger partial charge in [0.25, 0.3) is 0 Å². The molecule has 45 heavy (non-hydrogen) atoms. The summed E-state index contributed by atoms with van der Waals surface area (Å²) in [6.45, 7) is 2.95. The van der Waals surface area contributed by atoms with Crippen molar-refractivity contribution in [2.45, 2.75) is 69.1 Å². The summed E-state index contributed by atoms with van der Waals surface area (Å²) in [4.78, 5) is 32.9. The fourth-order valence-corrected chi connectivity index (χ4v) is 11.0. The van der Waals surface area contributed by atoms with Gasteiger partial charge in [-0.2, -0.15) is 0 Å². The number of nitrogen functional groups attached to an aromatic ring is 1. The van der Waals surface area contributed by atoms with Crippen molar-refractivity contribution in [2.75, 3.05) is 25.3 Å². The Morgan fingerprint density at radius 1 is 1.18 bits per heavy atom. The van der Waals surface area contributed by atoms with Crippen LogP contribution in [0, 0.1) is 11.8 Å². The number of phenolic OH excluding ortho intramolecular Hbond substituents is 1. The number of fused-ring (bicyclic) bond motifs is 6. The minimum absolute atomic E-state index is 0.0229. The van der Waals surface area contributed by atoms with E-state index in [1.165, 1.54) is 18.9 Å². The molecular weight excluding hydrogens is 605 g/mol.